The fourth-order valence-corrected chi connectivity index (χ4v) is 5.11. The zero-order valence-corrected chi connectivity index (χ0v) is 18.8. The van der Waals surface area contributed by atoms with E-state index in [4.69, 9.17) is 4.98 Å². The fraction of sp³-hybridized carbons (Fsp3) is 0.200. The molecular formula is C25H24N2OS2. The number of hydrogen-bond acceptors (Lipinski definition) is 4. The number of nitrogens with zero attached hydrogens (tertiary/aromatic N) is 2. The number of benzene rings is 3. The molecule has 0 spiro atoms. The van der Waals surface area contributed by atoms with Crippen molar-refractivity contribution < 1.29 is 4.79 Å². The number of amides is 1. The Morgan fingerprint density at radius 1 is 0.967 bits per heavy atom. The van der Waals surface area contributed by atoms with Crippen molar-refractivity contribution in [3.05, 3.63) is 89.5 Å². The first-order valence-corrected chi connectivity index (χ1v) is 11.8. The van der Waals surface area contributed by atoms with Crippen molar-refractivity contribution in [2.24, 2.45) is 0 Å². The van der Waals surface area contributed by atoms with E-state index in [0.717, 1.165) is 26.7 Å². The third kappa shape index (κ3) is 5.10. The monoisotopic (exact) mass is 432 g/mol. The lowest BCUT2D eigenvalue weighted by Gasteiger charge is -2.20. The molecule has 1 amide bonds. The van der Waals surface area contributed by atoms with Crippen molar-refractivity contribution in [3.8, 4) is 0 Å². The molecule has 0 saturated carbocycles. The molecule has 0 aliphatic carbocycles. The maximum atomic E-state index is 13.2. The highest BCUT2D eigenvalue weighted by atomic mass is 32.2. The number of hydrogen-bond donors (Lipinski definition) is 0. The molecule has 3 aromatic carbocycles. The van der Waals surface area contributed by atoms with Gasteiger partial charge in [0.15, 0.2) is 5.13 Å². The molecule has 0 radical (unpaired) electrons. The Morgan fingerprint density at radius 3 is 2.47 bits per heavy atom. The Balaban J connectivity index is 1.52. The molecule has 1 aromatic heterocycles. The zero-order valence-electron chi connectivity index (χ0n) is 17.2. The Labute approximate surface area is 185 Å². The quantitative estimate of drug-likeness (QED) is 0.307. The Kier molecular flexibility index (Phi) is 6.50. The first-order valence-electron chi connectivity index (χ1n) is 9.99. The summed E-state index contributed by atoms with van der Waals surface area (Å²) in [6, 6.07) is 24.8. The van der Waals surface area contributed by atoms with Crippen LogP contribution in [0.2, 0.25) is 0 Å². The second-order valence-corrected chi connectivity index (χ2v) is 9.52. The summed E-state index contributed by atoms with van der Waals surface area (Å²) in [4.78, 5) is 21.0. The number of aromatic nitrogens is 1. The van der Waals surface area contributed by atoms with Crippen LogP contribution >= 0.6 is 23.1 Å². The molecule has 3 nitrogen and oxygen atoms in total. The molecule has 0 saturated heterocycles. The van der Waals surface area contributed by atoms with Gasteiger partial charge in [-0.3, -0.25) is 9.69 Å². The van der Waals surface area contributed by atoms with Crippen LogP contribution in [0.4, 0.5) is 5.13 Å². The van der Waals surface area contributed by atoms with Crippen molar-refractivity contribution >= 4 is 44.4 Å². The summed E-state index contributed by atoms with van der Waals surface area (Å²) >= 11 is 3.30. The minimum Gasteiger partial charge on any atom is -0.284 e. The number of anilines is 1. The lowest BCUT2D eigenvalue weighted by atomic mass is 10.2. The molecule has 0 N–H and O–H groups in total. The van der Waals surface area contributed by atoms with Crippen molar-refractivity contribution in [1.29, 1.82) is 0 Å². The summed E-state index contributed by atoms with van der Waals surface area (Å²) in [7, 11) is 0. The van der Waals surface area contributed by atoms with E-state index in [1.165, 1.54) is 16.0 Å². The molecule has 4 rings (SSSR count). The van der Waals surface area contributed by atoms with Gasteiger partial charge in [0.05, 0.1) is 16.8 Å². The maximum absolute atomic E-state index is 13.2. The van der Waals surface area contributed by atoms with Gasteiger partial charge in [-0.2, -0.15) is 0 Å². The lowest BCUT2D eigenvalue weighted by Crippen LogP contribution is -2.30. The minimum absolute atomic E-state index is 0.106. The number of aryl methyl sites for hydroxylation is 2. The number of fused-ring (bicyclic) bond motifs is 1. The van der Waals surface area contributed by atoms with E-state index in [1.807, 2.05) is 29.2 Å². The van der Waals surface area contributed by atoms with Crippen LogP contribution in [0, 0.1) is 13.8 Å². The van der Waals surface area contributed by atoms with E-state index in [9.17, 15) is 4.79 Å². The zero-order chi connectivity index (χ0) is 20.9. The van der Waals surface area contributed by atoms with Gasteiger partial charge in [0.25, 0.3) is 0 Å². The van der Waals surface area contributed by atoms with Crippen LogP contribution in [0.5, 0.6) is 0 Å². The number of thioether (sulfide) groups is 1. The van der Waals surface area contributed by atoms with Crippen LogP contribution < -0.4 is 4.90 Å². The summed E-state index contributed by atoms with van der Waals surface area (Å²) in [5.41, 5.74) is 4.50. The summed E-state index contributed by atoms with van der Waals surface area (Å²) in [6.45, 7) is 4.70. The number of thiazole rings is 1. The highest BCUT2D eigenvalue weighted by Gasteiger charge is 2.20. The summed E-state index contributed by atoms with van der Waals surface area (Å²) in [5.74, 6) is 0.853. The average molecular weight is 433 g/mol. The first kappa shape index (κ1) is 20.6. The Bertz CT molecular complexity index is 1140. The molecule has 5 heteroatoms. The van der Waals surface area contributed by atoms with E-state index in [2.05, 4.69) is 62.4 Å². The van der Waals surface area contributed by atoms with Gasteiger partial charge in [-0.25, -0.2) is 4.98 Å². The third-order valence-corrected chi connectivity index (χ3v) is 6.91. The molecular weight excluding hydrogens is 408 g/mol. The number of carbonyl (C=O) groups is 1. The van der Waals surface area contributed by atoms with Crippen molar-refractivity contribution in [2.75, 3.05) is 10.7 Å². The van der Waals surface area contributed by atoms with E-state index >= 15 is 0 Å². The highest BCUT2D eigenvalue weighted by molar-refractivity contribution is 7.99. The SMILES string of the molecule is Cc1ccc(SCCC(=O)N(Cc2ccccc2)c2nc3ccc(C)cc3s2)cc1. The topological polar surface area (TPSA) is 33.2 Å². The molecule has 0 fully saturated rings. The van der Waals surface area contributed by atoms with Gasteiger partial charge in [-0.1, -0.05) is 65.4 Å². The average Bonchev–Trinajstić information content (AvgIpc) is 3.17. The molecule has 0 atom stereocenters. The smallest absolute Gasteiger partial charge is 0.229 e. The largest absolute Gasteiger partial charge is 0.284 e. The molecule has 0 aliphatic rings. The van der Waals surface area contributed by atoms with Crippen LogP contribution in [-0.4, -0.2) is 16.6 Å². The second-order valence-electron chi connectivity index (χ2n) is 7.34. The fourth-order valence-electron chi connectivity index (χ4n) is 3.19. The van der Waals surface area contributed by atoms with E-state index < -0.39 is 0 Å². The standard InChI is InChI=1S/C25H24N2OS2/c1-18-8-11-21(12-9-18)29-15-14-24(28)27(17-20-6-4-3-5-7-20)25-26-22-13-10-19(2)16-23(22)30-25/h3-13,16H,14-15,17H2,1-2H3. The molecule has 30 heavy (non-hydrogen) atoms. The highest BCUT2D eigenvalue weighted by Crippen LogP contribution is 2.31. The third-order valence-electron chi connectivity index (χ3n) is 4.85. The molecule has 4 aromatic rings. The number of carbonyl (C=O) groups excluding carboxylic acids is 1. The summed E-state index contributed by atoms with van der Waals surface area (Å²) in [5, 5.41) is 0.768. The van der Waals surface area contributed by atoms with Gasteiger partial charge in [0, 0.05) is 17.1 Å². The minimum atomic E-state index is 0.106. The van der Waals surface area contributed by atoms with Crippen LogP contribution in [0.15, 0.2) is 77.7 Å². The van der Waals surface area contributed by atoms with Gasteiger partial charge in [0.2, 0.25) is 5.91 Å². The van der Waals surface area contributed by atoms with Crippen LogP contribution in [0.3, 0.4) is 0 Å². The molecule has 0 bridgehead atoms. The molecule has 152 valence electrons. The Hall–Kier alpha value is -2.63. The van der Waals surface area contributed by atoms with Crippen molar-refractivity contribution in [2.45, 2.75) is 31.7 Å². The summed E-state index contributed by atoms with van der Waals surface area (Å²) in [6.07, 6.45) is 0.473. The normalized spacial score (nSPS) is 11.0. The molecule has 0 unspecified atom stereocenters. The van der Waals surface area contributed by atoms with Crippen LogP contribution in [0.1, 0.15) is 23.1 Å². The predicted octanol–water partition coefficient (Wildman–Crippen LogP) is 6.63. The van der Waals surface area contributed by atoms with E-state index in [1.54, 1.807) is 23.1 Å². The predicted molar refractivity (Wildman–Crippen MR) is 129 cm³/mol. The summed E-state index contributed by atoms with van der Waals surface area (Å²) < 4.78 is 1.12. The van der Waals surface area contributed by atoms with E-state index in [-0.39, 0.29) is 5.91 Å². The van der Waals surface area contributed by atoms with Crippen LogP contribution in [0.25, 0.3) is 10.2 Å². The van der Waals surface area contributed by atoms with Crippen molar-refractivity contribution in [3.63, 3.8) is 0 Å². The Morgan fingerprint density at radius 2 is 1.70 bits per heavy atom. The van der Waals surface area contributed by atoms with Gasteiger partial charge in [-0.05, 0) is 49.2 Å². The first-order chi connectivity index (χ1) is 14.6. The lowest BCUT2D eigenvalue weighted by molar-refractivity contribution is -0.118. The molecule has 0 aliphatic heterocycles. The number of rotatable bonds is 7. The van der Waals surface area contributed by atoms with Gasteiger partial charge in [-0.15, -0.1) is 11.8 Å². The van der Waals surface area contributed by atoms with Crippen molar-refractivity contribution in [1.82, 2.24) is 4.98 Å². The van der Waals surface area contributed by atoms with Gasteiger partial charge < -0.3 is 0 Å². The van der Waals surface area contributed by atoms with Gasteiger partial charge in [0.1, 0.15) is 0 Å². The van der Waals surface area contributed by atoms with E-state index in [0.29, 0.717) is 13.0 Å². The second kappa shape index (κ2) is 9.45. The maximum Gasteiger partial charge on any atom is 0.229 e. The van der Waals surface area contributed by atoms with Crippen LogP contribution in [-0.2, 0) is 11.3 Å². The molecule has 1 heterocycles. The van der Waals surface area contributed by atoms with Gasteiger partial charge >= 0.3 is 0 Å².